The number of unbranched alkanes of at least 4 members (excludes halogenated alkanes) is 18. The summed E-state index contributed by atoms with van der Waals surface area (Å²) in [5, 5.41) is 0. The number of ketones is 1. The zero-order valence-corrected chi connectivity index (χ0v) is 31.5. The van der Waals surface area contributed by atoms with Gasteiger partial charge in [0.1, 0.15) is 0 Å². The molecule has 0 saturated carbocycles. The summed E-state index contributed by atoms with van der Waals surface area (Å²) in [6, 6.07) is 0. The quantitative estimate of drug-likeness (QED) is 0.0391. The van der Waals surface area contributed by atoms with Crippen LogP contribution in [0.4, 0.5) is 0 Å². The lowest BCUT2D eigenvalue weighted by Crippen LogP contribution is -2.12. The van der Waals surface area contributed by atoms with Gasteiger partial charge in [-0.3, -0.25) is 4.79 Å². The van der Waals surface area contributed by atoms with Crippen molar-refractivity contribution in [3.05, 3.63) is 60.8 Å². The maximum atomic E-state index is 12.7. The van der Waals surface area contributed by atoms with E-state index in [4.69, 9.17) is 0 Å². The summed E-state index contributed by atoms with van der Waals surface area (Å²) in [6.45, 7) is 5.37. The molecule has 0 aromatic rings. The van der Waals surface area contributed by atoms with Gasteiger partial charge in [0.2, 0.25) is 0 Å². The molecule has 0 radical (unpaired) electrons. The van der Waals surface area contributed by atoms with Gasteiger partial charge in [-0.15, -0.1) is 0 Å². The summed E-state index contributed by atoms with van der Waals surface area (Å²) >= 11 is 0. The Bertz CT molecular complexity index is 723. The van der Waals surface area contributed by atoms with E-state index < -0.39 is 0 Å². The first-order valence-corrected chi connectivity index (χ1v) is 20.0. The van der Waals surface area contributed by atoms with Crippen molar-refractivity contribution >= 4 is 5.78 Å². The smallest absolute Gasteiger partial charge is 0.155 e. The van der Waals surface area contributed by atoms with Gasteiger partial charge in [0.05, 0.1) is 0 Å². The zero-order chi connectivity index (χ0) is 33.6. The van der Waals surface area contributed by atoms with Crippen LogP contribution in [-0.4, -0.2) is 31.3 Å². The minimum Gasteiger partial charge on any atom is -0.306 e. The van der Waals surface area contributed by atoms with E-state index >= 15 is 0 Å². The predicted molar refractivity (Wildman–Crippen MR) is 209 cm³/mol. The van der Waals surface area contributed by atoms with Crippen LogP contribution in [0.3, 0.4) is 0 Å². The van der Waals surface area contributed by atoms with Crippen molar-refractivity contribution in [1.82, 2.24) is 4.90 Å². The largest absolute Gasteiger partial charge is 0.306 e. The number of allylic oxidation sites excluding steroid dienone is 9. The third-order valence-corrected chi connectivity index (χ3v) is 8.89. The van der Waals surface area contributed by atoms with E-state index in [0.717, 1.165) is 25.8 Å². The fourth-order valence-corrected chi connectivity index (χ4v) is 5.94. The van der Waals surface area contributed by atoms with Gasteiger partial charge in [0.15, 0.2) is 5.78 Å². The van der Waals surface area contributed by atoms with Gasteiger partial charge in [-0.05, 0) is 90.3 Å². The summed E-state index contributed by atoms with van der Waals surface area (Å²) in [5.41, 5.74) is 0. The maximum absolute atomic E-state index is 12.7. The first kappa shape index (κ1) is 44.3. The van der Waals surface area contributed by atoms with Crippen molar-refractivity contribution in [2.75, 3.05) is 20.6 Å². The molecule has 0 heterocycles. The molecular formula is C44H79NO. The van der Waals surface area contributed by atoms with Gasteiger partial charge in [0, 0.05) is 13.0 Å². The molecule has 0 N–H and O–H groups in total. The van der Waals surface area contributed by atoms with Crippen LogP contribution in [-0.2, 0) is 4.79 Å². The van der Waals surface area contributed by atoms with E-state index in [1.807, 2.05) is 12.2 Å². The highest BCUT2D eigenvalue weighted by Gasteiger charge is 2.12. The van der Waals surface area contributed by atoms with Crippen LogP contribution in [0.1, 0.15) is 187 Å². The monoisotopic (exact) mass is 638 g/mol. The Hall–Kier alpha value is -1.67. The molecule has 0 aliphatic carbocycles. The van der Waals surface area contributed by atoms with Gasteiger partial charge in [-0.2, -0.15) is 0 Å². The first-order chi connectivity index (χ1) is 22.6. The van der Waals surface area contributed by atoms with E-state index in [-0.39, 0.29) is 0 Å². The van der Waals surface area contributed by atoms with Crippen LogP contribution in [0.25, 0.3) is 0 Å². The Morgan fingerprint density at radius 3 is 1.24 bits per heavy atom. The molecule has 0 atom stereocenters. The van der Waals surface area contributed by atoms with E-state index in [2.05, 4.69) is 81.5 Å². The molecule has 266 valence electrons. The molecular weight excluding hydrogens is 558 g/mol. The van der Waals surface area contributed by atoms with Crippen LogP contribution in [0.5, 0.6) is 0 Å². The predicted octanol–water partition coefficient (Wildman–Crippen LogP) is 14.1. The van der Waals surface area contributed by atoms with Crippen LogP contribution < -0.4 is 0 Å². The van der Waals surface area contributed by atoms with Crippen molar-refractivity contribution in [2.45, 2.75) is 187 Å². The molecule has 0 unspecified atom stereocenters. The Labute approximate surface area is 289 Å². The number of rotatable bonds is 35. The number of hydrogen-bond donors (Lipinski definition) is 0. The Morgan fingerprint density at radius 1 is 0.478 bits per heavy atom. The van der Waals surface area contributed by atoms with E-state index in [0.29, 0.717) is 11.7 Å². The molecule has 0 amide bonds. The van der Waals surface area contributed by atoms with Crippen molar-refractivity contribution in [1.29, 1.82) is 0 Å². The highest BCUT2D eigenvalue weighted by molar-refractivity contribution is 5.89. The lowest BCUT2D eigenvalue weighted by atomic mass is 9.90. The highest BCUT2D eigenvalue weighted by atomic mass is 16.1. The summed E-state index contributed by atoms with van der Waals surface area (Å²) < 4.78 is 0. The van der Waals surface area contributed by atoms with Gasteiger partial charge < -0.3 is 4.90 Å². The minimum atomic E-state index is 0.326. The Kier molecular flexibility index (Phi) is 36.4. The standard InChI is InChI=1S/C44H79NO/c1-5-7-9-11-13-15-17-19-21-23-25-27-29-31-33-35-38-43(42-44(46)40-37-41-45(3)4)39-36-34-32-30-28-26-24-22-20-18-16-14-12-10-8-6-2/h13-16,19-22,37,40,43H,5-12,17-18,23-36,38-39,41-42H2,1-4H3/b15-13-,16-14-,21-19-,22-20-,40-37+. The first-order valence-electron chi connectivity index (χ1n) is 20.0. The third kappa shape index (κ3) is 36.8. The average molecular weight is 638 g/mol. The van der Waals surface area contributed by atoms with Crippen LogP contribution >= 0.6 is 0 Å². The lowest BCUT2D eigenvalue weighted by molar-refractivity contribution is -0.115. The van der Waals surface area contributed by atoms with Crippen molar-refractivity contribution < 1.29 is 4.79 Å². The number of hydrogen-bond acceptors (Lipinski definition) is 2. The van der Waals surface area contributed by atoms with E-state index in [1.165, 1.54) is 154 Å². The Balaban J connectivity index is 4.05. The van der Waals surface area contributed by atoms with Crippen LogP contribution in [0, 0.1) is 5.92 Å². The molecule has 2 nitrogen and oxygen atoms in total. The molecule has 0 spiro atoms. The lowest BCUT2D eigenvalue weighted by Gasteiger charge is -2.16. The van der Waals surface area contributed by atoms with Crippen molar-refractivity contribution in [2.24, 2.45) is 5.92 Å². The number of likely N-dealkylation sites (N-methyl/N-ethyl adjacent to an activating group) is 1. The van der Waals surface area contributed by atoms with E-state index in [9.17, 15) is 4.79 Å². The average Bonchev–Trinajstić information content (AvgIpc) is 3.04. The number of nitrogens with zero attached hydrogens (tertiary/aromatic N) is 1. The molecule has 0 saturated heterocycles. The molecule has 0 aliphatic rings. The molecule has 46 heavy (non-hydrogen) atoms. The Morgan fingerprint density at radius 2 is 0.848 bits per heavy atom. The normalized spacial score (nSPS) is 12.7. The van der Waals surface area contributed by atoms with Gasteiger partial charge in [0.25, 0.3) is 0 Å². The zero-order valence-electron chi connectivity index (χ0n) is 31.5. The SMILES string of the molecule is CCCCC/C=C\C/C=C\CCCCCCCCC(CCCCCCCC/C=C\C/C=C\CCCCC)CC(=O)/C=C/CN(C)C. The summed E-state index contributed by atoms with van der Waals surface area (Å²) in [7, 11) is 4.10. The molecule has 0 fully saturated rings. The van der Waals surface area contributed by atoms with Gasteiger partial charge in [-0.1, -0.05) is 171 Å². The molecule has 0 rings (SSSR count). The summed E-state index contributed by atoms with van der Waals surface area (Å²) in [4.78, 5) is 14.8. The molecule has 0 aromatic heterocycles. The summed E-state index contributed by atoms with van der Waals surface area (Å²) in [6.07, 6.45) is 56.9. The number of carbonyl (C=O) groups is 1. The van der Waals surface area contributed by atoms with Gasteiger partial charge in [-0.25, -0.2) is 0 Å². The summed E-state index contributed by atoms with van der Waals surface area (Å²) in [5.74, 6) is 0.889. The minimum absolute atomic E-state index is 0.326. The molecule has 0 aromatic carbocycles. The topological polar surface area (TPSA) is 20.3 Å². The molecule has 0 bridgehead atoms. The van der Waals surface area contributed by atoms with E-state index in [1.54, 1.807) is 0 Å². The maximum Gasteiger partial charge on any atom is 0.155 e. The number of carbonyl (C=O) groups excluding carboxylic acids is 1. The second kappa shape index (κ2) is 37.8. The molecule has 0 aliphatic heterocycles. The van der Waals surface area contributed by atoms with Crippen molar-refractivity contribution in [3.8, 4) is 0 Å². The fraction of sp³-hybridized carbons (Fsp3) is 0.750. The molecule has 2 heteroatoms. The second-order valence-electron chi connectivity index (χ2n) is 13.9. The van der Waals surface area contributed by atoms with Crippen LogP contribution in [0.15, 0.2) is 60.8 Å². The fourth-order valence-electron chi connectivity index (χ4n) is 5.94. The van der Waals surface area contributed by atoms with Crippen molar-refractivity contribution in [3.63, 3.8) is 0 Å². The third-order valence-electron chi connectivity index (χ3n) is 8.89. The second-order valence-corrected chi connectivity index (χ2v) is 13.9. The highest BCUT2D eigenvalue weighted by Crippen LogP contribution is 2.23. The van der Waals surface area contributed by atoms with Crippen LogP contribution in [0.2, 0.25) is 0 Å². The van der Waals surface area contributed by atoms with Gasteiger partial charge >= 0.3 is 0 Å².